The third-order valence-electron chi connectivity index (χ3n) is 2.78. The number of aromatic nitrogens is 3. The largest absolute Gasteiger partial charge is 0.465 e. The molecular formula is C12H13N5O4S2. The average Bonchev–Trinajstić information content (AvgIpc) is 3.14. The summed E-state index contributed by atoms with van der Waals surface area (Å²) in [6.07, 6.45) is 2.82. The van der Waals surface area contributed by atoms with Crippen molar-refractivity contribution in [2.24, 2.45) is 0 Å². The number of ether oxygens (including phenoxy) is 2. The van der Waals surface area contributed by atoms with Crippen LogP contribution in [0.4, 0.5) is 5.00 Å². The molecule has 0 aliphatic rings. The van der Waals surface area contributed by atoms with Crippen molar-refractivity contribution in [3.8, 4) is 0 Å². The van der Waals surface area contributed by atoms with Gasteiger partial charge in [-0.1, -0.05) is 0 Å². The summed E-state index contributed by atoms with van der Waals surface area (Å²) >= 11 is 6.20. The predicted molar refractivity (Wildman–Crippen MR) is 87.3 cm³/mol. The SMILES string of the molecule is COC(=O)c1sc(NC(=S)Nn2cnnc2)c(C(=O)OC)c1C. The Balaban J connectivity index is 2.30. The molecular weight excluding hydrogens is 342 g/mol. The fourth-order valence-corrected chi connectivity index (χ4v) is 3.13. The first kappa shape index (κ1) is 16.8. The minimum absolute atomic E-state index is 0.188. The van der Waals surface area contributed by atoms with E-state index in [0.29, 0.717) is 15.4 Å². The zero-order chi connectivity index (χ0) is 17.0. The van der Waals surface area contributed by atoms with Crippen LogP contribution in [0.5, 0.6) is 0 Å². The van der Waals surface area contributed by atoms with E-state index in [0.717, 1.165) is 11.3 Å². The van der Waals surface area contributed by atoms with Crippen LogP contribution in [0, 0.1) is 6.92 Å². The van der Waals surface area contributed by atoms with Gasteiger partial charge in [-0.05, 0) is 24.7 Å². The van der Waals surface area contributed by atoms with Crippen molar-refractivity contribution >= 4 is 45.6 Å². The number of carbonyl (C=O) groups is 2. The second kappa shape index (κ2) is 7.15. The maximum Gasteiger partial charge on any atom is 0.348 e. The highest BCUT2D eigenvalue weighted by Gasteiger charge is 2.26. The molecule has 9 nitrogen and oxygen atoms in total. The van der Waals surface area contributed by atoms with Crippen LogP contribution in [0.2, 0.25) is 0 Å². The second-order valence-electron chi connectivity index (χ2n) is 4.18. The molecule has 2 aromatic heterocycles. The normalized spacial score (nSPS) is 10.0. The van der Waals surface area contributed by atoms with Gasteiger partial charge in [0.15, 0.2) is 5.11 Å². The van der Waals surface area contributed by atoms with Crippen LogP contribution in [0.25, 0.3) is 0 Å². The number of anilines is 1. The van der Waals surface area contributed by atoms with Crippen molar-refractivity contribution in [1.29, 1.82) is 0 Å². The molecule has 0 unspecified atom stereocenters. The number of hydrogen-bond acceptors (Lipinski definition) is 8. The first-order chi connectivity index (χ1) is 11.0. The Labute approximate surface area is 140 Å². The number of thiocarbonyl (C=S) groups is 1. The van der Waals surface area contributed by atoms with Crippen molar-refractivity contribution in [1.82, 2.24) is 14.9 Å². The van der Waals surface area contributed by atoms with Gasteiger partial charge in [-0.15, -0.1) is 21.5 Å². The number of thiophene rings is 1. The Kier molecular flexibility index (Phi) is 5.24. The Morgan fingerprint density at radius 2 is 1.83 bits per heavy atom. The molecule has 2 N–H and O–H groups in total. The first-order valence-electron chi connectivity index (χ1n) is 6.20. The first-order valence-corrected chi connectivity index (χ1v) is 7.43. The van der Waals surface area contributed by atoms with E-state index in [9.17, 15) is 9.59 Å². The van der Waals surface area contributed by atoms with E-state index in [1.807, 2.05) is 0 Å². The fraction of sp³-hybridized carbons (Fsp3) is 0.250. The molecule has 0 atom stereocenters. The highest BCUT2D eigenvalue weighted by atomic mass is 32.1. The van der Waals surface area contributed by atoms with E-state index in [4.69, 9.17) is 21.7 Å². The van der Waals surface area contributed by atoms with Gasteiger partial charge in [-0.25, -0.2) is 14.3 Å². The van der Waals surface area contributed by atoms with Crippen LogP contribution in [0.3, 0.4) is 0 Å². The van der Waals surface area contributed by atoms with Gasteiger partial charge in [0, 0.05) is 0 Å². The maximum absolute atomic E-state index is 12.0. The average molecular weight is 355 g/mol. The van der Waals surface area contributed by atoms with E-state index in [1.165, 1.54) is 31.6 Å². The van der Waals surface area contributed by atoms with Gasteiger partial charge in [-0.2, -0.15) is 0 Å². The van der Waals surface area contributed by atoms with Gasteiger partial charge in [-0.3, -0.25) is 5.43 Å². The summed E-state index contributed by atoms with van der Waals surface area (Å²) in [5.41, 5.74) is 3.47. The van der Waals surface area contributed by atoms with Crippen molar-refractivity contribution in [3.05, 3.63) is 28.7 Å². The predicted octanol–water partition coefficient (Wildman–Crippen LogP) is 1.16. The second-order valence-corrected chi connectivity index (χ2v) is 5.61. The number of nitrogens with one attached hydrogen (secondary N) is 2. The van der Waals surface area contributed by atoms with Crippen LogP contribution in [-0.2, 0) is 9.47 Å². The molecule has 0 aliphatic carbocycles. The van der Waals surface area contributed by atoms with Gasteiger partial charge in [0.1, 0.15) is 22.5 Å². The van der Waals surface area contributed by atoms with E-state index in [-0.39, 0.29) is 10.7 Å². The summed E-state index contributed by atoms with van der Waals surface area (Å²) in [6, 6.07) is 0. The maximum atomic E-state index is 12.0. The van der Waals surface area contributed by atoms with Gasteiger partial charge in [0.05, 0.1) is 19.8 Å². The smallest absolute Gasteiger partial charge is 0.348 e. The summed E-state index contributed by atoms with van der Waals surface area (Å²) in [5, 5.41) is 10.7. The molecule has 0 amide bonds. The van der Waals surface area contributed by atoms with Crippen molar-refractivity contribution < 1.29 is 19.1 Å². The van der Waals surface area contributed by atoms with Crippen LogP contribution in [-0.4, -0.2) is 46.1 Å². The number of esters is 2. The molecule has 2 aromatic rings. The van der Waals surface area contributed by atoms with Crippen LogP contribution in [0.15, 0.2) is 12.7 Å². The van der Waals surface area contributed by atoms with Crippen molar-refractivity contribution in [3.63, 3.8) is 0 Å². The fourth-order valence-electron chi connectivity index (χ4n) is 1.74. The van der Waals surface area contributed by atoms with Crippen molar-refractivity contribution in [2.45, 2.75) is 6.92 Å². The molecule has 2 heterocycles. The van der Waals surface area contributed by atoms with Crippen LogP contribution in [0.1, 0.15) is 25.6 Å². The zero-order valence-electron chi connectivity index (χ0n) is 12.4. The Bertz CT molecular complexity index is 741. The number of carbonyl (C=O) groups excluding carboxylic acids is 2. The number of hydrogen-bond donors (Lipinski definition) is 2. The van der Waals surface area contributed by atoms with E-state index in [2.05, 4.69) is 20.9 Å². The summed E-state index contributed by atoms with van der Waals surface area (Å²) < 4.78 is 10.9. The number of rotatable bonds is 4. The monoisotopic (exact) mass is 355 g/mol. The molecule has 11 heteroatoms. The molecule has 0 radical (unpaired) electrons. The lowest BCUT2D eigenvalue weighted by Crippen LogP contribution is -2.26. The Morgan fingerprint density at radius 1 is 1.22 bits per heavy atom. The summed E-state index contributed by atoms with van der Waals surface area (Å²) in [6.45, 7) is 1.64. The lowest BCUT2D eigenvalue weighted by Gasteiger charge is -2.10. The van der Waals surface area contributed by atoms with E-state index in [1.54, 1.807) is 6.92 Å². The van der Waals surface area contributed by atoms with Gasteiger partial charge in [0.2, 0.25) is 0 Å². The number of nitrogens with zero attached hydrogens (tertiary/aromatic N) is 3. The molecule has 0 aliphatic heterocycles. The third kappa shape index (κ3) is 3.63. The molecule has 0 aromatic carbocycles. The molecule has 0 saturated heterocycles. The minimum Gasteiger partial charge on any atom is -0.465 e. The van der Waals surface area contributed by atoms with Crippen molar-refractivity contribution in [2.75, 3.05) is 25.0 Å². The van der Waals surface area contributed by atoms with Gasteiger partial charge >= 0.3 is 11.9 Å². The molecule has 0 spiro atoms. The lowest BCUT2D eigenvalue weighted by molar-refractivity contribution is 0.0601. The zero-order valence-corrected chi connectivity index (χ0v) is 14.1. The molecule has 0 saturated carbocycles. The lowest BCUT2D eigenvalue weighted by atomic mass is 10.1. The quantitative estimate of drug-likeness (QED) is 0.617. The van der Waals surface area contributed by atoms with Gasteiger partial charge in [0.25, 0.3) is 0 Å². The molecule has 0 bridgehead atoms. The van der Waals surface area contributed by atoms with Crippen LogP contribution < -0.4 is 10.7 Å². The molecule has 122 valence electrons. The summed E-state index contributed by atoms with van der Waals surface area (Å²) in [4.78, 5) is 24.1. The van der Waals surface area contributed by atoms with Crippen LogP contribution >= 0.6 is 23.6 Å². The summed E-state index contributed by atoms with van der Waals surface area (Å²) in [5.74, 6) is -1.12. The minimum atomic E-state index is -0.580. The van der Waals surface area contributed by atoms with E-state index < -0.39 is 11.9 Å². The Hall–Kier alpha value is -2.53. The number of methoxy groups -OCH3 is 2. The molecule has 2 rings (SSSR count). The standard InChI is InChI=1S/C12H13N5O4S2/c1-6-7(10(18)20-2)9(23-8(6)11(19)21-3)15-12(22)16-17-4-13-14-5-17/h4-5H,1-3H3,(H2,15,16,22). The molecule has 0 fully saturated rings. The molecule has 23 heavy (non-hydrogen) atoms. The van der Waals surface area contributed by atoms with Gasteiger partial charge < -0.3 is 14.8 Å². The van der Waals surface area contributed by atoms with E-state index >= 15 is 0 Å². The topological polar surface area (TPSA) is 107 Å². The third-order valence-corrected chi connectivity index (χ3v) is 4.16. The summed E-state index contributed by atoms with van der Waals surface area (Å²) in [7, 11) is 2.53. The Morgan fingerprint density at radius 3 is 2.39 bits per heavy atom. The highest BCUT2D eigenvalue weighted by Crippen LogP contribution is 2.34. The highest BCUT2D eigenvalue weighted by molar-refractivity contribution is 7.80.